The van der Waals surface area contributed by atoms with Crippen molar-refractivity contribution < 1.29 is 0 Å². The second-order valence-corrected chi connectivity index (χ2v) is 5.70. The van der Waals surface area contributed by atoms with E-state index in [9.17, 15) is 0 Å². The molecule has 0 aliphatic carbocycles. The van der Waals surface area contributed by atoms with Crippen LogP contribution < -0.4 is 0 Å². The zero-order valence-corrected chi connectivity index (χ0v) is 10.4. The molecular weight excluding hydrogens is 236 g/mol. The van der Waals surface area contributed by atoms with Crippen LogP contribution in [-0.2, 0) is 0 Å². The molecule has 80 valence electrons. The van der Waals surface area contributed by atoms with Gasteiger partial charge in [-0.25, -0.2) is 4.98 Å². The number of rotatable bonds is 2. The molecular formula is C12H10N2S2. The third-order valence-corrected chi connectivity index (χ3v) is 4.46. The lowest BCUT2D eigenvalue weighted by Crippen LogP contribution is -1.71. The molecule has 0 saturated heterocycles. The Morgan fingerprint density at radius 1 is 1.31 bits per heavy atom. The summed E-state index contributed by atoms with van der Waals surface area (Å²) in [5.74, 6) is 0. The molecule has 1 aromatic carbocycles. The standard InChI is InChI=1S/C12H10N2S2/c1-8-7-15-12(14-8)16-11-6-13-10-5-3-2-4-9(10)11/h2-7,13H,1H3. The number of benzene rings is 1. The molecule has 2 heterocycles. The number of nitrogens with one attached hydrogen (secondary N) is 1. The van der Waals surface area contributed by atoms with Gasteiger partial charge < -0.3 is 4.98 Å². The Balaban J connectivity index is 2.00. The Morgan fingerprint density at radius 3 is 3.00 bits per heavy atom. The molecule has 2 nitrogen and oxygen atoms in total. The average Bonchev–Trinajstić information content (AvgIpc) is 2.87. The van der Waals surface area contributed by atoms with Crippen LogP contribution in [-0.4, -0.2) is 9.97 Å². The molecule has 0 fully saturated rings. The molecule has 0 amide bonds. The van der Waals surface area contributed by atoms with Crippen molar-refractivity contribution in [3.8, 4) is 0 Å². The van der Waals surface area contributed by atoms with Crippen LogP contribution >= 0.6 is 23.1 Å². The molecule has 0 saturated carbocycles. The minimum Gasteiger partial charge on any atom is -0.360 e. The second-order valence-electron chi connectivity index (χ2n) is 3.56. The van der Waals surface area contributed by atoms with E-state index in [2.05, 4.69) is 33.5 Å². The number of fused-ring (bicyclic) bond motifs is 1. The lowest BCUT2D eigenvalue weighted by atomic mass is 10.2. The maximum absolute atomic E-state index is 4.46. The van der Waals surface area contributed by atoms with Crippen LogP contribution in [0.4, 0.5) is 0 Å². The first-order chi connectivity index (χ1) is 7.83. The van der Waals surface area contributed by atoms with Crippen molar-refractivity contribution in [1.29, 1.82) is 0 Å². The van der Waals surface area contributed by atoms with Gasteiger partial charge in [-0.15, -0.1) is 11.3 Å². The predicted octanol–water partition coefficient (Wildman–Crippen LogP) is 4.08. The summed E-state index contributed by atoms with van der Waals surface area (Å²) in [6.07, 6.45) is 2.05. The summed E-state index contributed by atoms with van der Waals surface area (Å²) in [7, 11) is 0. The SMILES string of the molecule is Cc1csc(Sc2c[nH]c3ccccc23)n1. The van der Waals surface area contributed by atoms with Crippen molar-refractivity contribution in [3.63, 3.8) is 0 Å². The van der Waals surface area contributed by atoms with Gasteiger partial charge in [0.2, 0.25) is 0 Å². The summed E-state index contributed by atoms with van der Waals surface area (Å²) in [5, 5.41) is 3.34. The maximum Gasteiger partial charge on any atom is 0.154 e. The second kappa shape index (κ2) is 3.96. The third kappa shape index (κ3) is 1.74. The summed E-state index contributed by atoms with van der Waals surface area (Å²) < 4.78 is 1.10. The van der Waals surface area contributed by atoms with Gasteiger partial charge in [-0.1, -0.05) is 30.0 Å². The van der Waals surface area contributed by atoms with Crippen molar-refractivity contribution in [2.45, 2.75) is 16.2 Å². The number of hydrogen-bond donors (Lipinski definition) is 1. The first kappa shape index (κ1) is 9.93. The van der Waals surface area contributed by atoms with E-state index >= 15 is 0 Å². The number of aryl methyl sites for hydroxylation is 1. The van der Waals surface area contributed by atoms with Gasteiger partial charge in [0.1, 0.15) is 0 Å². The first-order valence-corrected chi connectivity index (χ1v) is 6.68. The zero-order valence-electron chi connectivity index (χ0n) is 8.73. The molecule has 0 aliphatic rings. The van der Waals surface area contributed by atoms with Crippen molar-refractivity contribution in [1.82, 2.24) is 9.97 Å². The van der Waals surface area contributed by atoms with Crippen molar-refractivity contribution in [2.24, 2.45) is 0 Å². The van der Waals surface area contributed by atoms with E-state index < -0.39 is 0 Å². The van der Waals surface area contributed by atoms with Gasteiger partial charge in [0.25, 0.3) is 0 Å². The van der Waals surface area contributed by atoms with E-state index in [-0.39, 0.29) is 0 Å². The lowest BCUT2D eigenvalue weighted by Gasteiger charge is -1.94. The summed E-state index contributed by atoms with van der Waals surface area (Å²) in [6.45, 7) is 2.02. The molecule has 0 bridgehead atoms. The fraction of sp³-hybridized carbons (Fsp3) is 0.0833. The fourth-order valence-electron chi connectivity index (χ4n) is 1.60. The number of thiazole rings is 1. The maximum atomic E-state index is 4.46. The Hall–Kier alpha value is -1.26. The van der Waals surface area contributed by atoms with Crippen LogP contribution in [0.5, 0.6) is 0 Å². The highest BCUT2D eigenvalue weighted by Gasteiger charge is 2.06. The van der Waals surface area contributed by atoms with Gasteiger partial charge in [-0.3, -0.25) is 0 Å². The third-order valence-electron chi connectivity index (χ3n) is 2.35. The number of hydrogen-bond acceptors (Lipinski definition) is 3. The molecule has 3 rings (SSSR count). The van der Waals surface area contributed by atoms with E-state index in [4.69, 9.17) is 0 Å². The lowest BCUT2D eigenvalue weighted by molar-refractivity contribution is 1.16. The van der Waals surface area contributed by atoms with Crippen molar-refractivity contribution in [3.05, 3.63) is 41.5 Å². The molecule has 3 aromatic rings. The van der Waals surface area contributed by atoms with Crippen LogP contribution in [0.1, 0.15) is 5.69 Å². The quantitative estimate of drug-likeness (QED) is 0.738. The van der Waals surface area contributed by atoms with Crippen LogP contribution in [0, 0.1) is 6.92 Å². The van der Waals surface area contributed by atoms with Gasteiger partial charge in [0, 0.05) is 33.1 Å². The van der Waals surface area contributed by atoms with Gasteiger partial charge in [-0.2, -0.15) is 0 Å². The van der Waals surface area contributed by atoms with Crippen LogP contribution in [0.3, 0.4) is 0 Å². The highest BCUT2D eigenvalue weighted by Crippen LogP contribution is 2.34. The van der Waals surface area contributed by atoms with Gasteiger partial charge >= 0.3 is 0 Å². The molecule has 0 atom stereocenters. The summed E-state index contributed by atoms with van der Waals surface area (Å²) >= 11 is 3.42. The zero-order chi connectivity index (χ0) is 11.0. The Labute approximate surface area is 102 Å². The highest BCUT2D eigenvalue weighted by molar-refractivity contribution is 8.01. The number of aromatic nitrogens is 2. The minimum absolute atomic E-state index is 1.09. The Morgan fingerprint density at radius 2 is 2.19 bits per heavy atom. The normalized spacial score (nSPS) is 11.1. The van der Waals surface area contributed by atoms with Gasteiger partial charge in [-0.05, 0) is 13.0 Å². The molecule has 0 radical (unpaired) electrons. The highest BCUT2D eigenvalue weighted by atomic mass is 32.2. The molecule has 16 heavy (non-hydrogen) atoms. The predicted molar refractivity (Wildman–Crippen MR) is 69.3 cm³/mol. The van der Waals surface area contributed by atoms with Crippen LogP contribution in [0.25, 0.3) is 10.9 Å². The first-order valence-electron chi connectivity index (χ1n) is 4.99. The fourth-order valence-corrected chi connectivity index (χ4v) is 3.51. The largest absolute Gasteiger partial charge is 0.360 e. The van der Waals surface area contributed by atoms with Gasteiger partial charge in [0.15, 0.2) is 4.34 Å². The molecule has 1 N–H and O–H groups in total. The Kier molecular flexibility index (Phi) is 2.46. The van der Waals surface area contributed by atoms with E-state index in [0.29, 0.717) is 0 Å². The molecule has 2 aromatic heterocycles. The molecule has 0 aliphatic heterocycles. The van der Waals surface area contributed by atoms with Crippen molar-refractivity contribution in [2.75, 3.05) is 0 Å². The topological polar surface area (TPSA) is 28.7 Å². The average molecular weight is 246 g/mol. The van der Waals surface area contributed by atoms with E-state index in [1.165, 1.54) is 15.8 Å². The smallest absolute Gasteiger partial charge is 0.154 e. The number of nitrogens with zero attached hydrogens (tertiary/aromatic N) is 1. The van der Waals surface area contributed by atoms with E-state index in [0.717, 1.165) is 10.0 Å². The minimum atomic E-state index is 1.09. The molecule has 0 unspecified atom stereocenters. The summed E-state index contributed by atoms with van der Waals surface area (Å²) in [6, 6.07) is 8.33. The number of H-pyrrole nitrogens is 1. The van der Waals surface area contributed by atoms with Crippen LogP contribution in [0.15, 0.2) is 45.1 Å². The van der Waals surface area contributed by atoms with Crippen molar-refractivity contribution >= 4 is 34.0 Å². The number of aromatic amines is 1. The summed E-state index contributed by atoms with van der Waals surface area (Å²) in [5.41, 5.74) is 2.27. The van der Waals surface area contributed by atoms with E-state index in [1.54, 1.807) is 23.1 Å². The number of para-hydroxylation sites is 1. The Bertz CT molecular complexity index is 625. The summed E-state index contributed by atoms with van der Waals surface area (Å²) in [4.78, 5) is 8.97. The monoisotopic (exact) mass is 246 g/mol. The molecule has 4 heteroatoms. The molecule has 0 spiro atoms. The van der Waals surface area contributed by atoms with Crippen LogP contribution in [0.2, 0.25) is 0 Å². The van der Waals surface area contributed by atoms with Gasteiger partial charge in [0.05, 0.1) is 0 Å². The van der Waals surface area contributed by atoms with E-state index in [1.807, 2.05) is 19.2 Å².